The van der Waals surface area contributed by atoms with Gasteiger partial charge in [0.15, 0.2) is 11.8 Å². The molecule has 1 aromatic heterocycles. The van der Waals surface area contributed by atoms with E-state index in [1.165, 1.54) is 11.1 Å². The molecule has 3 rings (SSSR count). The molecule has 0 bridgehead atoms. The van der Waals surface area contributed by atoms with Crippen LogP contribution >= 0.6 is 46.4 Å². The number of amides is 2. The average molecular weight is 435 g/mol. The predicted octanol–water partition coefficient (Wildman–Crippen LogP) is 3.64. The van der Waals surface area contributed by atoms with Gasteiger partial charge in [-0.25, -0.2) is 5.01 Å². The number of carbonyl (C=O) groups is 2. The molecule has 2 atom stereocenters. The van der Waals surface area contributed by atoms with E-state index in [2.05, 4.69) is 10.4 Å². The number of β-lactam (4-membered cyclic amide) rings is 1. The van der Waals surface area contributed by atoms with E-state index >= 15 is 0 Å². The Morgan fingerprint density at radius 3 is 2.58 bits per heavy atom. The van der Waals surface area contributed by atoms with E-state index in [0.717, 1.165) is 5.56 Å². The van der Waals surface area contributed by atoms with Crippen LogP contribution in [0.3, 0.4) is 0 Å². The zero-order chi connectivity index (χ0) is 18.8. The molecule has 26 heavy (non-hydrogen) atoms. The molecule has 0 radical (unpaired) electrons. The highest BCUT2D eigenvalue weighted by atomic mass is 35.5. The van der Waals surface area contributed by atoms with Crippen LogP contribution in [0.15, 0.2) is 36.4 Å². The van der Waals surface area contributed by atoms with E-state index in [4.69, 9.17) is 51.1 Å². The SMILES string of the molecule is O=C(COc1nc(Cl)c(Cl)cc1Cl)NN1C(=O)C(Cl)C1c1ccccc1. The summed E-state index contributed by atoms with van der Waals surface area (Å²) in [6.45, 7) is -0.428. The average Bonchev–Trinajstić information content (AvgIpc) is 2.63. The summed E-state index contributed by atoms with van der Waals surface area (Å²) >= 11 is 23.6. The molecular formula is C16H11Cl4N3O3. The van der Waals surface area contributed by atoms with Crippen LogP contribution in [-0.2, 0) is 9.59 Å². The number of alkyl halides is 1. The van der Waals surface area contributed by atoms with Gasteiger partial charge in [0.05, 0.1) is 5.02 Å². The zero-order valence-corrected chi connectivity index (χ0v) is 16.0. The number of nitrogens with one attached hydrogen (secondary N) is 1. The van der Waals surface area contributed by atoms with Crippen molar-refractivity contribution in [1.29, 1.82) is 0 Å². The van der Waals surface area contributed by atoms with Crippen LogP contribution in [-0.4, -0.2) is 33.8 Å². The van der Waals surface area contributed by atoms with Crippen LogP contribution in [0, 0.1) is 0 Å². The van der Waals surface area contributed by atoms with E-state index in [-0.39, 0.29) is 21.1 Å². The van der Waals surface area contributed by atoms with E-state index in [1.807, 2.05) is 30.3 Å². The lowest BCUT2D eigenvalue weighted by Gasteiger charge is -2.43. The lowest BCUT2D eigenvalue weighted by Crippen LogP contribution is -2.63. The second-order valence-electron chi connectivity index (χ2n) is 5.34. The van der Waals surface area contributed by atoms with Gasteiger partial charge in [0.25, 0.3) is 11.8 Å². The minimum absolute atomic E-state index is 0.00137. The highest BCUT2D eigenvalue weighted by molar-refractivity contribution is 6.42. The summed E-state index contributed by atoms with van der Waals surface area (Å²) in [7, 11) is 0. The van der Waals surface area contributed by atoms with Gasteiger partial charge in [-0.2, -0.15) is 4.98 Å². The van der Waals surface area contributed by atoms with E-state index in [1.54, 1.807) is 0 Å². The van der Waals surface area contributed by atoms with Crippen molar-refractivity contribution in [3.8, 4) is 5.88 Å². The number of nitrogens with zero attached hydrogens (tertiary/aromatic N) is 2. The van der Waals surface area contributed by atoms with Crippen LogP contribution in [0.4, 0.5) is 0 Å². The molecule has 1 aliphatic heterocycles. The molecule has 10 heteroatoms. The molecule has 0 spiro atoms. The van der Waals surface area contributed by atoms with Crippen molar-refractivity contribution in [1.82, 2.24) is 15.4 Å². The van der Waals surface area contributed by atoms with Gasteiger partial charge in [-0.05, 0) is 11.6 Å². The Balaban J connectivity index is 1.63. The Morgan fingerprint density at radius 2 is 1.88 bits per heavy atom. The lowest BCUT2D eigenvalue weighted by molar-refractivity contribution is -0.157. The number of hydrogen-bond donors (Lipinski definition) is 1. The molecule has 2 amide bonds. The Labute approximate surface area is 168 Å². The van der Waals surface area contributed by atoms with Crippen molar-refractivity contribution in [3.05, 3.63) is 57.2 Å². The first kappa shape index (κ1) is 19.0. The Kier molecular flexibility index (Phi) is 5.77. The second-order valence-corrected chi connectivity index (χ2v) is 6.98. The molecule has 1 aromatic carbocycles. The Hall–Kier alpha value is -1.73. The molecule has 2 aromatic rings. The van der Waals surface area contributed by atoms with Gasteiger partial charge in [-0.15, -0.1) is 11.6 Å². The molecule has 6 nitrogen and oxygen atoms in total. The van der Waals surface area contributed by atoms with E-state index in [9.17, 15) is 9.59 Å². The van der Waals surface area contributed by atoms with Crippen LogP contribution in [0.1, 0.15) is 11.6 Å². The third-order valence-corrected chi connectivity index (χ3v) is 4.98. The summed E-state index contributed by atoms with van der Waals surface area (Å²) in [5.74, 6) is -1.02. The largest absolute Gasteiger partial charge is 0.466 e. The maximum atomic E-state index is 12.1. The summed E-state index contributed by atoms with van der Waals surface area (Å²) in [6.07, 6.45) is 0. The number of rotatable bonds is 5. The number of aromatic nitrogens is 1. The molecule has 2 heterocycles. The van der Waals surface area contributed by atoms with Crippen LogP contribution in [0.25, 0.3) is 0 Å². The third-order valence-electron chi connectivity index (χ3n) is 3.61. The van der Waals surface area contributed by atoms with Crippen LogP contribution < -0.4 is 10.2 Å². The van der Waals surface area contributed by atoms with Crippen molar-refractivity contribution in [3.63, 3.8) is 0 Å². The van der Waals surface area contributed by atoms with E-state index in [0.29, 0.717) is 0 Å². The molecule has 1 N–H and O–H groups in total. The number of hydrogen-bond acceptors (Lipinski definition) is 4. The summed E-state index contributed by atoms with van der Waals surface area (Å²) in [6, 6.07) is 10.0. The fraction of sp³-hybridized carbons (Fsp3) is 0.188. The maximum Gasteiger partial charge on any atom is 0.276 e. The zero-order valence-electron chi connectivity index (χ0n) is 13.0. The molecule has 2 unspecified atom stereocenters. The highest BCUT2D eigenvalue weighted by Crippen LogP contribution is 2.36. The first-order chi connectivity index (χ1) is 12.4. The number of halogens is 4. The first-order valence-electron chi connectivity index (χ1n) is 7.34. The molecule has 1 saturated heterocycles. The number of carbonyl (C=O) groups excluding carboxylic acids is 2. The summed E-state index contributed by atoms with van der Waals surface area (Å²) in [4.78, 5) is 27.9. The van der Waals surface area contributed by atoms with E-state index < -0.39 is 29.8 Å². The van der Waals surface area contributed by atoms with Gasteiger partial charge in [0.2, 0.25) is 5.88 Å². The summed E-state index contributed by atoms with van der Waals surface area (Å²) in [5, 5.41) is 0.694. The monoisotopic (exact) mass is 433 g/mol. The van der Waals surface area contributed by atoms with Gasteiger partial charge in [-0.1, -0.05) is 65.1 Å². The van der Waals surface area contributed by atoms with Crippen molar-refractivity contribution < 1.29 is 14.3 Å². The topological polar surface area (TPSA) is 71.5 Å². The second kappa shape index (κ2) is 7.88. The number of pyridine rings is 1. The van der Waals surface area contributed by atoms with Crippen molar-refractivity contribution in [2.75, 3.05) is 6.61 Å². The Morgan fingerprint density at radius 1 is 1.19 bits per heavy atom. The minimum Gasteiger partial charge on any atom is -0.466 e. The molecule has 1 aliphatic rings. The predicted molar refractivity (Wildman–Crippen MR) is 98.6 cm³/mol. The summed E-state index contributed by atoms with van der Waals surface area (Å²) in [5.41, 5.74) is 3.27. The fourth-order valence-corrected chi connectivity index (χ4v) is 3.28. The first-order valence-corrected chi connectivity index (χ1v) is 8.91. The fourth-order valence-electron chi connectivity index (χ4n) is 2.38. The Bertz CT molecular complexity index is 850. The van der Waals surface area contributed by atoms with Crippen LogP contribution in [0.5, 0.6) is 5.88 Å². The number of benzene rings is 1. The standard InChI is InChI=1S/C16H11Cl4N3O3/c17-9-6-10(18)15(21-14(9)20)26-7-11(24)22-23-13(12(19)16(23)25)8-4-2-1-3-5-8/h1-6,12-13H,7H2,(H,22,24). The lowest BCUT2D eigenvalue weighted by atomic mass is 9.95. The smallest absolute Gasteiger partial charge is 0.276 e. The summed E-state index contributed by atoms with van der Waals surface area (Å²) < 4.78 is 5.24. The van der Waals surface area contributed by atoms with Crippen molar-refractivity contribution >= 4 is 58.2 Å². The molecule has 0 aliphatic carbocycles. The third kappa shape index (κ3) is 3.83. The van der Waals surface area contributed by atoms with Gasteiger partial charge < -0.3 is 4.74 Å². The number of hydrazine groups is 1. The quantitative estimate of drug-likeness (QED) is 0.443. The van der Waals surface area contributed by atoms with Gasteiger partial charge in [0.1, 0.15) is 16.4 Å². The normalized spacial score (nSPS) is 19.1. The van der Waals surface area contributed by atoms with Gasteiger partial charge in [0, 0.05) is 0 Å². The number of ether oxygens (including phenoxy) is 1. The molecule has 0 saturated carbocycles. The minimum atomic E-state index is -0.746. The van der Waals surface area contributed by atoms with Gasteiger partial charge >= 0.3 is 0 Å². The van der Waals surface area contributed by atoms with Gasteiger partial charge in [-0.3, -0.25) is 15.0 Å². The maximum absolute atomic E-state index is 12.1. The van der Waals surface area contributed by atoms with Crippen molar-refractivity contribution in [2.45, 2.75) is 11.4 Å². The highest BCUT2D eigenvalue weighted by Gasteiger charge is 2.48. The van der Waals surface area contributed by atoms with Crippen LogP contribution in [0.2, 0.25) is 15.2 Å². The molecular weight excluding hydrogens is 424 g/mol. The van der Waals surface area contributed by atoms with Crippen molar-refractivity contribution in [2.24, 2.45) is 0 Å². The molecule has 1 fully saturated rings. The molecule has 136 valence electrons.